The lowest BCUT2D eigenvalue weighted by atomic mass is 9.93. The Labute approximate surface area is 98.5 Å². The molecule has 1 spiro atoms. The zero-order chi connectivity index (χ0) is 12.7. The number of carbonyl (C=O) groups excluding carboxylic acids is 2. The minimum atomic E-state index is -2.53. The third-order valence-electron chi connectivity index (χ3n) is 3.70. The van der Waals surface area contributed by atoms with Gasteiger partial charge >= 0.3 is 0 Å². The van der Waals surface area contributed by atoms with Crippen LogP contribution in [0.4, 0.5) is 8.78 Å². The Morgan fingerprint density at radius 1 is 1.18 bits per heavy atom. The van der Waals surface area contributed by atoms with E-state index < -0.39 is 11.3 Å². The quantitative estimate of drug-likeness (QED) is 0.693. The zero-order valence-electron chi connectivity index (χ0n) is 9.71. The van der Waals surface area contributed by atoms with Gasteiger partial charge in [0.15, 0.2) is 5.78 Å². The molecule has 0 bridgehead atoms. The lowest BCUT2D eigenvalue weighted by Crippen LogP contribution is -2.39. The highest BCUT2D eigenvalue weighted by Gasteiger charge is 2.70. The Balaban J connectivity index is 1.88. The van der Waals surface area contributed by atoms with E-state index in [0.717, 1.165) is 0 Å². The summed E-state index contributed by atoms with van der Waals surface area (Å²) >= 11 is 0. The van der Waals surface area contributed by atoms with E-state index in [1.165, 1.54) is 24.0 Å². The first-order chi connectivity index (χ1) is 7.86. The van der Waals surface area contributed by atoms with Crippen LogP contribution in [0.25, 0.3) is 0 Å². The fourth-order valence-electron chi connectivity index (χ4n) is 2.37. The predicted octanol–water partition coefficient (Wildman–Crippen LogP) is 1.78. The second kappa shape index (κ2) is 3.89. The van der Waals surface area contributed by atoms with Gasteiger partial charge in [-0.1, -0.05) is 0 Å². The number of ketones is 1. The van der Waals surface area contributed by atoms with E-state index in [4.69, 9.17) is 0 Å². The van der Waals surface area contributed by atoms with Gasteiger partial charge in [0.05, 0.1) is 0 Å². The largest absolute Gasteiger partial charge is 0.339 e. The maximum atomic E-state index is 13.1. The minimum Gasteiger partial charge on any atom is -0.339 e. The maximum Gasteiger partial charge on any atom is 0.254 e. The number of amides is 1. The molecule has 1 saturated carbocycles. The third-order valence-corrected chi connectivity index (χ3v) is 3.70. The summed E-state index contributed by atoms with van der Waals surface area (Å²) < 4.78 is 26.2. The lowest BCUT2D eigenvalue weighted by molar-refractivity contribution is -0.128. The molecule has 2 rings (SSSR count). The van der Waals surface area contributed by atoms with Crippen LogP contribution >= 0.6 is 0 Å². The van der Waals surface area contributed by atoms with Crippen molar-refractivity contribution in [2.45, 2.75) is 32.1 Å². The van der Waals surface area contributed by atoms with Crippen LogP contribution in [0.1, 0.15) is 26.2 Å². The molecule has 17 heavy (non-hydrogen) atoms. The molecule has 0 aromatic carbocycles. The van der Waals surface area contributed by atoms with Gasteiger partial charge in [-0.15, -0.1) is 0 Å². The Hall–Kier alpha value is -1.26. The van der Waals surface area contributed by atoms with Crippen molar-refractivity contribution in [3.8, 4) is 0 Å². The molecule has 1 aliphatic carbocycles. The molecular formula is C12H15F2NO2. The Bertz CT molecular complexity index is 382. The molecule has 0 atom stereocenters. The van der Waals surface area contributed by atoms with Crippen molar-refractivity contribution >= 4 is 11.7 Å². The van der Waals surface area contributed by atoms with Crippen molar-refractivity contribution in [1.29, 1.82) is 0 Å². The summed E-state index contributed by atoms with van der Waals surface area (Å²) in [6, 6.07) is 0. The highest BCUT2D eigenvalue weighted by molar-refractivity contribution is 5.96. The van der Waals surface area contributed by atoms with Crippen LogP contribution in [-0.4, -0.2) is 35.6 Å². The number of alkyl halides is 2. The highest BCUT2D eigenvalue weighted by atomic mass is 19.3. The maximum absolute atomic E-state index is 13.1. The Morgan fingerprint density at radius 2 is 1.71 bits per heavy atom. The minimum absolute atomic E-state index is 0.0364. The van der Waals surface area contributed by atoms with E-state index in [9.17, 15) is 18.4 Å². The molecule has 1 aliphatic heterocycles. The molecular weight excluding hydrogens is 228 g/mol. The number of likely N-dealkylation sites (tertiary alicyclic amines) is 1. The van der Waals surface area contributed by atoms with Crippen molar-refractivity contribution in [1.82, 2.24) is 4.90 Å². The van der Waals surface area contributed by atoms with Gasteiger partial charge in [-0.25, -0.2) is 8.78 Å². The molecule has 5 heteroatoms. The number of allylic oxidation sites excluding steroid dienone is 1. The van der Waals surface area contributed by atoms with Crippen LogP contribution in [0.2, 0.25) is 0 Å². The van der Waals surface area contributed by atoms with Crippen LogP contribution in [0.5, 0.6) is 0 Å². The van der Waals surface area contributed by atoms with Gasteiger partial charge in [-0.3, -0.25) is 9.59 Å². The molecule has 1 amide bonds. The average Bonchev–Trinajstić information content (AvgIpc) is 2.77. The zero-order valence-corrected chi connectivity index (χ0v) is 9.71. The summed E-state index contributed by atoms with van der Waals surface area (Å²) in [6.07, 6.45) is 3.11. The van der Waals surface area contributed by atoms with E-state index in [1.54, 1.807) is 0 Å². The third kappa shape index (κ3) is 2.23. The predicted molar refractivity (Wildman–Crippen MR) is 57.6 cm³/mol. The van der Waals surface area contributed by atoms with Crippen molar-refractivity contribution in [3.63, 3.8) is 0 Å². The van der Waals surface area contributed by atoms with Gasteiger partial charge in [0.2, 0.25) is 5.91 Å². The fraction of sp³-hybridized carbons (Fsp3) is 0.667. The number of rotatable bonds is 2. The molecule has 3 nitrogen and oxygen atoms in total. The van der Waals surface area contributed by atoms with Crippen LogP contribution in [0, 0.1) is 5.41 Å². The molecule has 0 aromatic heterocycles. The highest BCUT2D eigenvalue weighted by Crippen LogP contribution is 2.65. The summed E-state index contributed by atoms with van der Waals surface area (Å²) in [5.41, 5.74) is -0.839. The lowest BCUT2D eigenvalue weighted by Gasteiger charge is -2.31. The van der Waals surface area contributed by atoms with Gasteiger partial charge in [0.1, 0.15) is 0 Å². The molecule has 94 valence electrons. The normalized spacial score (nSPS) is 25.2. The van der Waals surface area contributed by atoms with Gasteiger partial charge in [-0.05, 0) is 25.8 Å². The van der Waals surface area contributed by atoms with E-state index >= 15 is 0 Å². The van der Waals surface area contributed by atoms with Crippen molar-refractivity contribution < 1.29 is 18.4 Å². The number of piperidine rings is 1. The molecule has 2 aliphatic rings. The summed E-state index contributed by atoms with van der Waals surface area (Å²) in [6.45, 7) is 2.08. The van der Waals surface area contributed by atoms with E-state index in [-0.39, 0.29) is 18.1 Å². The second-order valence-corrected chi connectivity index (χ2v) is 4.93. The van der Waals surface area contributed by atoms with E-state index in [0.29, 0.717) is 25.9 Å². The van der Waals surface area contributed by atoms with Crippen molar-refractivity contribution in [2.75, 3.05) is 13.1 Å². The summed E-state index contributed by atoms with van der Waals surface area (Å²) in [5.74, 6) is -2.99. The monoisotopic (exact) mass is 243 g/mol. The number of hydrogen-bond acceptors (Lipinski definition) is 2. The SMILES string of the molecule is CC(=O)/C=C/C(=O)N1CCC2(CC1)CC2(F)F. The number of hydrogen-bond donors (Lipinski definition) is 0. The Kier molecular flexibility index (Phi) is 2.79. The molecule has 0 N–H and O–H groups in total. The van der Waals surface area contributed by atoms with Crippen LogP contribution < -0.4 is 0 Å². The van der Waals surface area contributed by atoms with Crippen molar-refractivity contribution in [3.05, 3.63) is 12.2 Å². The molecule has 0 aromatic rings. The van der Waals surface area contributed by atoms with Crippen LogP contribution in [-0.2, 0) is 9.59 Å². The second-order valence-electron chi connectivity index (χ2n) is 4.93. The van der Waals surface area contributed by atoms with Gasteiger partial charge in [0, 0.05) is 31.0 Å². The summed E-state index contributed by atoms with van der Waals surface area (Å²) in [5, 5.41) is 0. The van der Waals surface area contributed by atoms with Crippen molar-refractivity contribution in [2.24, 2.45) is 5.41 Å². The average molecular weight is 243 g/mol. The van der Waals surface area contributed by atoms with E-state index in [1.807, 2.05) is 0 Å². The molecule has 2 fully saturated rings. The topological polar surface area (TPSA) is 37.4 Å². The van der Waals surface area contributed by atoms with Gasteiger partial charge in [-0.2, -0.15) is 0 Å². The van der Waals surface area contributed by atoms with Crippen LogP contribution in [0.3, 0.4) is 0 Å². The standard InChI is InChI=1S/C12H15F2NO2/c1-9(16)2-3-10(17)15-6-4-11(5-7-15)8-12(11,13)14/h2-3H,4-8H2,1H3/b3-2+. The first kappa shape index (κ1) is 12.2. The van der Waals surface area contributed by atoms with E-state index in [2.05, 4.69) is 0 Å². The number of carbonyl (C=O) groups is 2. The smallest absolute Gasteiger partial charge is 0.254 e. The first-order valence-electron chi connectivity index (χ1n) is 5.72. The Morgan fingerprint density at radius 3 is 2.12 bits per heavy atom. The molecule has 1 heterocycles. The first-order valence-corrected chi connectivity index (χ1v) is 5.72. The molecule has 0 radical (unpaired) electrons. The fourth-order valence-corrected chi connectivity index (χ4v) is 2.37. The van der Waals surface area contributed by atoms with Gasteiger partial charge in [0.25, 0.3) is 5.92 Å². The van der Waals surface area contributed by atoms with Crippen LogP contribution in [0.15, 0.2) is 12.2 Å². The molecule has 1 saturated heterocycles. The summed E-state index contributed by atoms with van der Waals surface area (Å²) in [4.78, 5) is 23.8. The molecule has 0 unspecified atom stereocenters. The number of halogens is 2. The number of nitrogens with zero attached hydrogens (tertiary/aromatic N) is 1. The summed E-state index contributed by atoms with van der Waals surface area (Å²) in [7, 11) is 0. The van der Waals surface area contributed by atoms with Gasteiger partial charge < -0.3 is 4.90 Å².